The Morgan fingerprint density at radius 2 is 1.77 bits per heavy atom. The van der Waals surface area contributed by atoms with Gasteiger partial charge in [-0.3, -0.25) is 0 Å². The second-order valence-electron chi connectivity index (χ2n) is 4.50. The minimum atomic E-state index is -3.76. The van der Waals surface area contributed by atoms with Crippen LogP contribution in [0.1, 0.15) is 34.1 Å². The van der Waals surface area contributed by atoms with Crippen molar-refractivity contribution in [3.8, 4) is 0 Å². The van der Waals surface area contributed by atoms with Crippen molar-refractivity contribution in [2.75, 3.05) is 0 Å². The predicted octanol–water partition coefficient (Wildman–Crippen LogP) is 1.47. The Balaban J connectivity index is 2.81. The van der Waals surface area contributed by atoms with Crippen molar-refractivity contribution in [1.29, 1.82) is 0 Å². The highest BCUT2D eigenvalue weighted by molar-refractivity contribution is 7.81. The summed E-state index contributed by atoms with van der Waals surface area (Å²) in [6.07, 6.45) is 0.0344. The first-order valence-electron chi connectivity index (χ1n) is 4.32. The Morgan fingerprint density at radius 1 is 1.23 bits per heavy atom. The van der Waals surface area contributed by atoms with Crippen molar-refractivity contribution in [1.82, 2.24) is 0 Å². The highest BCUT2D eigenvalue weighted by atomic mass is 32.3. The minimum absolute atomic E-state index is 0.175. The standard InChI is InChI=1S/C8H16O4S/c1-6-5-7(8(2,3)4)12-13(9,10)11-6/h6-7H,5H2,1-4H3/t6-,7-/m0/s1. The lowest BCUT2D eigenvalue weighted by atomic mass is 9.86. The van der Waals surface area contributed by atoms with Crippen LogP contribution in [0.2, 0.25) is 0 Å². The summed E-state index contributed by atoms with van der Waals surface area (Å²) in [5.74, 6) is 0. The lowest BCUT2D eigenvalue weighted by Crippen LogP contribution is -2.40. The smallest absolute Gasteiger partial charge is 0.245 e. The van der Waals surface area contributed by atoms with E-state index in [0.717, 1.165) is 0 Å². The molecule has 13 heavy (non-hydrogen) atoms. The third-order valence-electron chi connectivity index (χ3n) is 2.03. The van der Waals surface area contributed by atoms with Crippen LogP contribution in [-0.2, 0) is 18.8 Å². The van der Waals surface area contributed by atoms with Gasteiger partial charge < -0.3 is 0 Å². The quantitative estimate of drug-likeness (QED) is 0.605. The van der Waals surface area contributed by atoms with Crippen LogP contribution in [0.4, 0.5) is 0 Å². The molecule has 1 heterocycles. The highest BCUT2D eigenvalue weighted by Crippen LogP contribution is 2.32. The molecule has 0 amide bonds. The van der Waals surface area contributed by atoms with Crippen molar-refractivity contribution >= 4 is 10.4 Å². The zero-order valence-corrected chi connectivity index (χ0v) is 9.22. The van der Waals surface area contributed by atoms with E-state index in [2.05, 4.69) is 4.18 Å². The summed E-state index contributed by atoms with van der Waals surface area (Å²) >= 11 is 0. The SMILES string of the molecule is C[C@H]1C[C@@H](C(C)(C)C)OS(=O)(=O)O1. The molecular formula is C8H16O4S. The predicted molar refractivity (Wildman–Crippen MR) is 48.4 cm³/mol. The Bertz CT molecular complexity index is 275. The van der Waals surface area contributed by atoms with Crippen molar-refractivity contribution in [3.63, 3.8) is 0 Å². The van der Waals surface area contributed by atoms with Gasteiger partial charge in [0.25, 0.3) is 0 Å². The molecule has 78 valence electrons. The molecule has 1 rings (SSSR count). The zero-order chi connectivity index (χ0) is 10.3. The van der Waals surface area contributed by atoms with Gasteiger partial charge in [-0.1, -0.05) is 20.8 Å². The molecular weight excluding hydrogens is 192 g/mol. The molecule has 0 N–H and O–H groups in total. The summed E-state index contributed by atoms with van der Waals surface area (Å²) in [5, 5.41) is 0. The lowest BCUT2D eigenvalue weighted by Gasteiger charge is -2.34. The Labute approximate surface area is 79.6 Å². The van der Waals surface area contributed by atoms with Gasteiger partial charge in [0.1, 0.15) is 0 Å². The molecule has 1 aliphatic heterocycles. The Kier molecular flexibility index (Phi) is 2.71. The molecule has 0 saturated carbocycles. The maximum absolute atomic E-state index is 11.1. The molecule has 0 aromatic heterocycles. The van der Waals surface area contributed by atoms with E-state index in [-0.39, 0.29) is 17.6 Å². The molecule has 0 aliphatic carbocycles. The Hall–Kier alpha value is -0.130. The average molecular weight is 208 g/mol. The minimum Gasteiger partial charge on any atom is -0.245 e. The van der Waals surface area contributed by atoms with Crippen molar-refractivity contribution in [2.45, 2.75) is 46.3 Å². The first-order chi connectivity index (χ1) is 5.71. The van der Waals surface area contributed by atoms with Gasteiger partial charge in [0.15, 0.2) is 0 Å². The van der Waals surface area contributed by atoms with Gasteiger partial charge >= 0.3 is 10.4 Å². The van der Waals surface area contributed by atoms with Gasteiger partial charge in [0.2, 0.25) is 0 Å². The van der Waals surface area contributed by atoms with Crippen LogP contribution in [0.15, 0.2) is 0 Å². The zero-order valence-electron chi connectivity index (χ0n) is 8.40. The molecule has 0 bridgehead atoms. The van der Waals surface area contributed by atoms with Gasteiger partial charge in [-0.25, -0.2) is 8.37 Å². The molecule has 5 heteroatoms. The van der Waals surface area contributed by atoms with E-state index in [1.165, 1.54) is 0 Å². The van der Waals surface area contributed by atoms with Crippen molar-refractivity contribution < 1.29 is 16.8 Å². The first-order valence-corrected chi connectivity index (χ1v) is 5.65. The summed E-state index contributed by atoms with van der Waals surface area (Å²) in [6, 6.07) is 0. The fourth-order valence-electron chi connectivity index (χ4n) is 1.24. The lowest BCUT2D eigenvalue weighted by molar-refractivity contribution is -0.00608. The maximum Gasteiger partial charge on any atom is 0.400 e. The van der Waals surface area contributed by atoms with Crippen LogP contribution in [0, 0.1) is 5.41 Å². The van der Waals surface area contributed by atoms with Gasteiger partial charge in [0.05, 0.1) is 12.2 Å². The molecule has 1 fully saturated rings. The highest BCUT2D eigenvalue weighted by Gasteiger charge is 2.37. The summed E-state index contributed by atoms with van der Waals surface area (Å²) in [4.78, 5) is 0. The molecule has 0 unspecified atom stereocenters. The largest absolute Gasteiger partial charge is 0.400 e. The number of hydrogen-bond donors (Lipinski definition) is 0. The van der Waals surface area contributed by atoms with E-state index in [0.29, 0.717) is 6.42 Å². The molecule has 1 aliphatic rings. The second-order valence-corrected chi connectivity index (χ2v) is 5.70. The molecule has 0 aromatic carbocycles. The van der Waals surface area contributed by atoms with Crippen LogP contribution in [0.3, 0.4) is 0 Å². The number of rotatable bonds is 0. The van der Waals surface area contributed by atoms with E-state index < -0.39 is 10.4 Å². The van der Waals surface area contributed by atoms with E-state index in [1.54, 1.807) is 6.92 Å². The number of hydrogen-bond acceptors (Lipinski definition) is 4. The summed E-state index contributed by atoms with van der Waals surface area (Å²) in [7, 11) is -3.76. The monoisotopic (exact) mass is 208 g/mol. The normalized spacial score (nSPS) is 34.5. The third kappa shape index (κ3) is 2.93. The second kappa shape index (κ2) is 3.22. The molecule has 1 saturated heterocycles. The third-order valence-corrected chi connectivity index (χ3v) is 3.06. The van der Waals surface area contributed by atoms with Crippen molar-refractivity contribution in [3.05, 3.63) is 0 Å². The fourth-order valence-corrected chi connectivity index (χ4v) is 2.42. The van der Waals surface area contributed by atoms with E-state index in [9.17, 15) is 8.42 Å². The van der Waals surface area contributed by atoms with Crippen LogP contribution in [0.25, 0.3) is 0 Å². The average Bonchev–Trinajstić information content (AvgIpc) is 1.79. The Morgan fingerprint density at radius 3 is 2.15 bits per heavy atom. The first kappa shape index (κ1) is 10.9. The van der Waals surface area contributed by atoms with Crippen LogP contribution >= 0.6 is 0 Å². The van der Waals surface area contributed by atoms with Gasteiger partial charge in [-0.05, 0) is 12.3 Å². The molecule has 0 radical (unpaired) electrons. The van der Waals surface area contributed by atoms with Crippen LogP contribution in [0.5, 0.6) is 0 Å². The topological polar surface area (TPSA) is 52.6 Å². The maximum atomic E-state index is 11.1. The van der Waals surface area contributed by atoms with Gasteiger partial charge in [0, 0.05) is 6.42 Å². The van der Waals surface area contributed by atoms with E-state index in [4.69, 9.17) is 4.18 Å². The summed E-state index contributed by atoms with van der Waals surface area (Å²) < 4.78 is 31.7. The van der Waals surface area contributed by atoms with E-state index in [1.807, 2.05) is 20.8 Å². The molecule has 0 aromatic rings. The molecule has 2 atom stereocenters. The summed E-state index contributed by atoms with van der Waals surface area (Å²) in [5.41, 5.74) is -0.175. The summed E-state index contributed by atoms with van der Waals surface area (Å²) in [6.45, 7) is 7.58. The van der Waals surface area contributed by atoms with Crippen molar-refractivity contribution in [2.24, 2.45) is 5.41 Å². The van der Waals surface area contributed by atoms with Gasteiger partial charge in [-0.15, -0.1) is 0 Å². The van der Waals surface area contributed by atoms with Crippen LogP contribution < -0.4 is 0 Å². The van der Waals surface area contributed by atoms with Crippen LogP contribution in [-0.4, -0.2) is 20.6 Å². The molecule has 4 nitrogen and oxygen atoms in total. The van der Waals surface area contributed by atoms with Gasteiger partial charge in [-0.2, -0.15) is 8.42 Å². The molecule has 0 spiro atoms. The fraction of sp³-hybridized carbons (Fsp3) is 1.00. The van der Waals surface area contributed by atoms with E-state index >= 15 is 0 Å².